The number of amides is 2. The van der Waals surface area contributed by atoms with Crippen LogP contribution in [0.5, 0.6) is 0 Å². The summed E-state index contributed by atoms with van der Waals surface area (Å²) in [5.41, 5.74) is -0.223. The number of halogens is 2. The fourth-order valence-electron chi connectivity index (χ4n) is 1.77. The summed E-state index contributed by atoms with van der Waals surface area (Å²) in [6.07, 6.45) is 0. The van der Waals surface area contributed by atoms with Crippen LogP contribution in [-0.2, 0) is 9.59 Å². The summed E-state index contributed by atoms with van der Waals surface area (Å²) < 4.78 is 14.4. The molecule has 1 unspecified atom stereocenters. The number of aliphatic carboxylic acids is 1. The molecule has 0 saturated carbocycles. The van der Waals surface area contributed by atoms with Gasteiger partial charge in [0.2, 0.25) is 5.91 Å². The largest absolute Gasteiger partial charge is 0.480 e. The molecule has 0 aliphatic rings. The van der Waals surface area contributed by atoms with Crippen molar-refractivity contribution in [3.63, 3.8) is 0 Å². The van der Waals surface area contributed by atoms with Gasteiger partial charge in [-0.15, -0.1) is 0 Å². The average molecular weight is 375 g/mol. The highest BCUT2D eigenvalue weighted by atomic mass is 79.9. The molecule has 8 heteroatoms. The van der Waals surface area contributed by atoms with Crippen molar-refractivity contribution in [1.29, 1.82) is 0 Å². The second kappa shape index (κ2) is 7.88. The third-order valence-corrected chi connectivity index (χ3v) is 3.47. The van der Waals surface area contributed by atoms with Crippen molar-refractivity contribution in [2.45, 2.75) is 19.9 Å². The minimum Gasteiger partial charge on any atom is -0.480 e. The lowest BCUT2D eigenvalue weighted by Gasteiger charge is -2.26. The highest BCUT2D eigenvalue weighted by Gasteiger charge is 2.27. The van der Waals surface area contributed by atoms with Crippen LogP contribution in [0.2, 0.25) is 0 Å². The molecule has 1 atom stereocenters. The number of nitrogens with one attached hydrogen (secondary N) is 1. The number of carbonyl (C=O) groups is 3. The zero-order valence-corrected chi connectivity index (χ0v) is 13.7. The van der Waals surface area contributed by atoms with Crippen molar-refractivity contribution >= 4 is 33.7 Å². The molecule has 6 nitrogen and oxygen atoms in total. The first-order chi connectivity index (χ1) is 10.2. The highest BCUT2D eigenvalue weighted by Crippen LogP contribution is 2.18. The van der Waals surface area contributed by atoms with E-state index in [0.717, 1.165) is 11.0 Å². The Labute approximate surface area is 135 Å². The van der Waals surface area contributed by atoms with Gasteiger partial charge in [0, 0.05) is 24.5 Å². The molecule has 0 fully saturated rings. The Morgan fingerprint density at radius 3 is 2.55 bits per heavy atom. The molecule has 0 radical (unpaired) electrons. The van der Waals surface area contributed by atoms with E-state index >= 15 is 0 Å². The van der Waals surface area contributed by atoms with Gasteiger partial charge in [-0.2, -0.15) is 0 Å². The fourth-order valence-corrected chi connectivity index (χ4v) is 2.11. The molecule has 2 amide bonds. The lowest BCUT2D eigenvalue weighted by atomic mass is 10.1. The van der Waals surface area contributed by atoms with Gasteiger partial charge in [0.05, 0.1) is 5.56 Å². The molecule has 1 rings (SSSR count). The molecule has 120 valence electrons. The molecule has 0 bridgehead atoms. The predicted molar refractivity (Wildman–Crippen MR) is 80.9 cm³/mol. The maximum absolute atomic E-state index is 13.9. The smallest absolute Gasteiger partial charge is 0.326 e. The topological polar surface area (TPSA) is 86.7 Å². The third-order valence-electron chi connectivity index (χ3n) is 2.97. The summed E-state index contributed by atoms with van der Waals surface area (Å²) in [5.74, 6) is -3.01. The van der Waals surface area contributed by atoms with E-state index in [4.69, 9.17) is 5.11 Å². The van der Waals surface area contributed by atoms with Gasteiger partial charge in [-0.05, 0) is 25.1 Å². The van der Waals surface area contributed by atoms with Gasteiger partial charge >= 0.3 is 5.97 Å². The van der Waals surface area contributed by atoms with Crippen LogP contribution in [0, 0.1) is 5.82 Å². The second-order valence-corrected chi connectivity index (χ2v) is 5.54. The molecule has 1 aromatic rings. The molecule has 1 aromatic carbocycles. The number of carboxylic acids is 1. The van der Waals surface area contributed by atoms with Crippen molar-refractivity contribution in [3.8, 4) is 0 Å². The van der Waals surface area contributed by atoms with Crippen molar-refractivity contribution in [2.24, 2.45) is 0 Å². The zero-order chi connectivity index (χ0) is 16.9. The Balaban J connectivity index is 3.00. The Hall–Kier alpha value is -1.96. The third kappa shape index (κ3) is 4.80. The van der Waals surface area contributed by atoms with Crippen molar-refractivity contribution in [1.82, 2.24) is 10.2 Å². The maximum Gasteiger partial charge on any atom is 0.326 e. The fraction of sp³-hybridized carbons (Fsp3) is 0.357. The Kier molecular flexibility index (Phi) is 6.48. The van der Waals surface area contributed by atoms with E-state index in [0.29, 0.717) is 4.47 Å². The molecular formula is C14H16BrFN2O4. The van der Waals surface area contributed by atoms with Gasteiger partial charge in [0.25, 0.3) is 5.91 Å². The van der Waals surface area contributed by atoms with Crippen LogP contribution in [0.25, 0.3) is 0 Å². The predicted octanol–water partition coefficient (Wildman–Crippen LogP) is 1.64. The van der Waals surface area contributed by atoms with Gasteiger partial charge < -0.3 is 15.3 Å². The van der Waals surface area contributed by atoms with Gasteiger partial charge in [-0.3, -0.25) is 9.59 Å². The van der Waals surface area contributed by atoms with E-state index in [9.17, 15) is 18.8 Å². The van der Waals surface area contributed by atoms with Crippen LogP contribution in [0.3, 0.4) is 0 Å². The van der Waals surface area contributed by atoms with Crippen LogP contribution in [0.1, 0.15) is 24.2 Å². The van der Waals surface area contributed by atoms with E-state index in [2.05, 4.69) is 21.2 Å². The summed E-state index contributed by atoms with van der Waals surface area (Å²) in [4.78, 5) is 35.4. The van der Waals surface area contributed by atoms with Gasteiger partial charge in [0.1, 0.15) is 11.9 Å². The number of hydrogen-bond acceptors (Lipinski definition) is 3. The second-order valence-electron chi connectivity index (χ2n) is 4.62. The van der Waals surface area contributed by atoms with Crippen LogP contribution in [-0.4, -0.2) is 46.9 Å². The van der Waals surface area contributed by atoms with Gasteiger partial charge in [-0.25, -0.2) is 9.18 Å². The first kappa shape index (κ1) is 18.1. The lowest BCUT2D eigenvalue weighted by Crippen LogP contribution is -2.47. The normalized spacial score (nSPS) is 11.6. The SMILES string of the molecule is CC(=O)NCCN(C(=O)c1ccc(Br)cc1F)C(C)C(=O)O. The molecule has 22 heavy (non-hydrogen) atoms. The number of nitrogens with zero attached hydrogens (tertiary/aromatic N) is 1. The molecule has 2 N–H and O–H groups in total. The minimum absolute atomic E-state index is 0.0403. The quantitative estimate of drug-likeness (QED) is 0.792. The molecule has 0 heterocycles. The van der Waals surface area contributed by atoms with Crippen LogP contribution >= 0.6 is 15.9 Å². The number of hydrogen-bond donors (Lipinski definition) is 2. The number of carboxylic acid groups (broad SMARTS) is 1. The minimum atomic E-state index is -1.21. The summed E-state index contributed by atoms with van der Waals surface area (Å²) in [7, 11) is 0. The Morgan fingerprint density at radius 2 is 2.05 bits per heavy atom. The first-order valence-electron chi connectivity index (χ1n) is 6.47. The summed E-state index contributed by atoms with van der Waals surface area (Å²) >= 11 is 3.09. The Bertz CT molecular complexity index is 594. The maximum atomic E-state index is 13.9. The van der Waals surface area contributed by atoms with Crippen molar-refractivity contribution in [2.75, 3.05) is 13.1 Å². The van der Waals surface area contributed by atoms with E-state index < -0.39 is 23.7 Å². The monoisotopic (exact) mass is 374 g/mol. The summed E-state index contributed by atoms with van der Waals surface area (Å²) in [6.45, 7) is 2.67. The molecular weight excluding hydrogens is 359 g/mol. The standard InChI is InChI=1S/C14H16BrFN2O4/c1-8(14(21)22)18(6-5-17-9(2)19)13(20)11-4-3-10(15)7-12(11)16/h3-4,7-8H,5-6H2,1-2H3,(H,17,19)(H,21,22). The highest BCUT2D eigenvalue weighted by molar-refractivity contribution is 9.10. The number of benzene rings is 1. The average Bonchev–Trinajstić information content (AvgIpc) is 2.42. The molecule has 0 aliphatic heterocycles. The van der Waals surface area contributed by atoms with Crippen LogP contribution < -0.4 is 5.32 Å². The molecule has 0 aliphatic carbocycles. The number of carbonyl (C=O) groups excluding carboxylic acids is 2. The molecule has 0 aromatic heterocycles. The van der Waals surface area contributed by atoms with Crippen LogP contribution in [0.15, 0.2) is 22.7 Å². The number of rotatable bonds is 6. The van der Waals surface area contributed by atoms with Gasteiger partial charge in [-0.1, -0.05) is 15.9 Å². The summed E-state index contributed by atoms with van der Waals surface area (Å²) in [5, 5.41) is 11.6. The van der Waals surface area contributed by atoms with E-state index in [1.165, 1.54) is 26.0 Å². The van der Waals surface area contributed by atoms with Crippen molar-refractivity contribution < 1.29 is 23.9 Å². The van der Waals surface area contributed by atoms with Gasteiger partial charge in [0.15, 0.2) is 0 Å². The summed E-state index contributed by atoms with van der Waals surface area (Å²) in [6, 6.07) is 2.75. The zero-order valence-electron chi connectivity index (χ0n) is 12.1. The Morgan fingerprint density at radius 1 is 1.41 bits per heavy atom. The first-order valence-corrected chi connectivity index (χ1v) is 7.26. The van der Waals surface area contributed by atoms with E-state index in [-0.39, 0.29) is 24.6 Å². The van der Waals surface area contributed by atoms with E-state index in [1.54, 1.807) is 0 Å². The van der Waals surface area contributed by atoms with Crippen molar-refractivity contribution in [3.05, 3.63) is 34.1 Å². The molecule has 0 spiro atoms. The molecule has 0 saturated heterocycles. The van der Waals surface area contributed by atoms with E-state index in [1.807, 2.05) is 0 Å². The van der Waals surface area contributed by atoms with Crippen LogP contribution in [0.4, 0.5) is 4.39 Å². The lowest BCUT2D eigenvalue weighted by molar-refractivity contribution is -0.141.